The van der Waals surface area contributed by atoms with Gasteiger partial charge in [0.05, 0.1) is 0 Å². The van der Waals surface area contributed by atoms with E-state index in [1.807, 2.05) is 18.2 Å². The quantitative estimate of drug-likeness (QED) is 0.832. The molecule has 2 rings (SSSR count). The summed E-state index contributed by atoms with van der Waals surface area (Å²) in [5.41, 5.74) is 1.05. The van der Waals surface area contributed by atoms with Crippen LogP contribution in [0, 0.1) is 0 Å². The molecule has 1 aromatic carbocycles. The summed E-state index contributed by atoms with van der Waals surface area (Å²) in [6, 6.07) is 7.13. The predicted molar refractivity (Wildman–Crippen MR) is 85.9 cm³/mol. The van der Waals surface area contributed by atoms with Gasteiger partial charge in [-0.2, -0.15) is 17.4 Å². The molecule has 1 atom stereocenters. The van der Waals surface area contributed by atoms with Crippen LogP contribution in [0.15, 0.2) is 24.3 Å². The van der Waals surface area contributed by atoms with Crippen molar-refractivity contribution in [3.63, 3.8) is 0 Å². The van der Waals surface area contributed by atoms with Gasteiger partial charge in [-0.25, -0.2) is 0 Å². The molecule has 8 heteroatoms. The van der Waals surface area contributed by atoms with E-state index < -0.39 is 10.2 Å². The average molecular weight is 346 g/mol. The number of hydrogen-bond acceptors (Lipinski definition) is 3. The highest BCUT2D eigenvalue weighted by Crippen LogP contribution is 2.15. The lowest BCUT2D eigenvalue weighted by Gasteiger charge is -2.18. The van der Waals surface area contributed by atoms with Crippen LogP contribution in [0.2, 0.25) is 5.02 Å². The third-order valence-corrected chi connectivity index (χ3v) is 5.40. The average Bonchev–Trinajstić information content (AvgIpc) is 2.75. The molecule has 1 amide bonds. The topological polar surface area (TPSA) is 69.7 Å². The lowest BCUT2D eigenvalue weighted by molar-refractivity contribution is -0.127. The fourth-order valence-electron chi connectivity index (χ4n) is 2.34. The summed E-state index contributed by atoms with van der Waals surface area (Å²) in [4.78, 5) is 13.7. The monoisotopic (exact) mass is 345 g/mol. The van der Waals surface area contributed by atoms with E-state index in [9.17, 15) is 13.2 Å². The Hall–Kier alpha value is -1.15. The van der Waals surface area contributed by atoms with Crippen LogP contribution in [0.4, 0.5) is 0 Å². The highest BCUT2D eigenvalue weighted by atomic mass is 35.5. The Morgan fingerprint density at radius 1 is 1.41 bits per heavy atom. The molecule has 1 aliphatic rings. The second kappa shape index (κ2) is 6.95. The van der Waals surface area contributed by atoms with Crippen molar-refractivity contribution in [2.24, 2.45) is 0 Å². The first-order chi connectivity index (χ1) is 10.3. The molecule has 6 nitrogen and oxygen atoms in total. The van der Waals surface area contributed by atoms with Crippen LogP contribution in [-0.4, -0.2) is 56.8 Å². The largest absolute Gasteiger partial charge is 0.341 e. The lowest BCUT2D eigenvalue weighted by Crippen LogP contribution is -2.43. The van der Waals surface area contributed by atoms with E-state index >= 15 is 0 Å². The summed E-state index contributed by atoms with van der Waals surface area (Å²) in [5.74, 6) is -0.0338. The number of benzene rings is 1. The van der Waals surface area contributed by atoms with E-state index in [0.717, 1.165) is 9.87 Å². The van der Waals surface area contributed by atoms with Gasteiger partial charge in [0.2, 0.25) is 5.91 Å². The lowest BCUT2D eigenvalue weighted by atomic mass is 10.1. The zero-order chi connectivity index (χ0) is 16.3. The number of hydrogen-bond donors (Lipinski definition) is 1. The van der Waals surface area contributed by atoms with E-state index in [-0.39, 0.29) is 18.4 Å². The zero-order valence-electron chi connectivity index (χ0n) is 12.6. The van der Waals surface area contributed by atoms with E-state index in [1.54, 1.807) is 11.0 Å². The zero-order valence-corrected chi connectivity index (χ0v) is 14.2. The van der Waals surface area contributed by atoms with Gasteiger partial charge in [-0.05, 0) is 24.1 Å². The fraction of sp³-hybridized carbons (Fsp3) is 0.500. The fourth-order valence-corrected chi connectivity index (χ4v) is 3.34. The van der Waals surface area contributed by atoms with E-state index in [4.69, 9.17) is 11.6 Å². The van der Waals surface area contributed by atoms with Crippen molar-refractivity contribution in [1.29, 1.82) is 0 Å². The molecule has 0 bridgehead atoms. The van der Waals surface area contributed by atoms with Crippen molar-refractivity contribution in [3.05, 3.63) is 34.9 Å². The summed E-state index contributed by atoms with van der Waals surface area (Å²) in [7, 11) is -0.605. The second-order valence-corrected chi connectivity index (χ2v) is 7.88. The Kier molecular flexibility index (Phi) is 5.44. The Morgan fingerprint density at radius 3 is 2.77 bits per heavy atom. The van der Waals surface area contributed by atoms with Crippen molar-refractivity contribution >= 4 is 27.7 Å². The minimum atomic E-state index is -3.51. The van der Waals surface area contributed by atoms with Gasteiger partial charge < -0.3 is 4.90 Å². The van der Waals surface area contributed by atoms with Crippen LogP contribution in [-0.2, 0) is 21.4 Å². The smallest absolute Gasteiger partial charge is 0.279 e. The molecule has 0 radical (unpaired) electrons. The van der Waals surface area contributed by atoms with Crippen LogP contribution >= 0.6 is 11.6 Å². The van der Waals surface area contributed by atoms with Gasteiger partial charge in [-0.15, -0.1) is 0 Å². The molecule has 0 aliphatic carbocycles. The van der Waals surface area contributed by atoms with Crippen molar-refractivity contribution < 1.29 is 13.2 Å². The molecule has 0 aromatic heterocycles. The van der Waals surface area contributed by atoms with Gasteiger partial charge in [0.25, 0.3) is 10.2 Å². The number of carbonyl (C=O) groups is 1. The highest BCUT2D eigenvalue weighted by Gasteiger charge is 2.32. The van der Waals surface area contributed by atoms with Gasteiger partial charge >= 0.3 is 0 Å². The number of carbonyl (C=O) groups excluding carboxylic acids is 1. The number of nitrogens with one attached hydrogen (secondary N) is 1. The summed E-state index contributed by atoms with van der Waals surface area (Å²) >= 11 is 5.93. The first-order valence-corrected chi connectivity index (χ1v) is 8.82. The maximum absolute atomic E-state index is 12.0. The SMILES string of the molecule is CN(C)S(=O)(=O)NC1CC(=O)N(CCc2cccc(Cl)c2)C1. The van der Waals surface area contributed by atoms with E-state index in [1.165, 1.54) is 14.1 Å². The Balaban J connectivity index is 1.90. The van der Waals surface area contributed by atoms with Crippen molar-refractivity contribution in [3.8, 4) is 0 Å². The molecule has 0 saturated carbocycles. The number of halogens is 1. The third kappa shape index (κ3) is 4.42. The van der Waals surface area contributed by atoms with Gasteiger partial charge in [0.15, 0.2) is 0 Å². The van der Waals surface area contributed by atoms with E-state index in [0.29, 0.717) is 24.5 Å². The second-order valence-electron chi connectivity index (χ2n) is 5.53. The molecule has 1 aliphatic heterocycles. The molecular formula is C14H20ClN3O3S. The number of amides is 1. The molecule has 1 fully saturated rings. The number of likely N-dealkylation sites (tertiary alicyclic amines) is 1. The Morgan fingerprint density at radius 2 is 2.14 bits per heavy atom. The first-order valence-electron chi connectivity index (χ1n) is 7.00. The standard InChI is InChI=1S/C14H20ClN3O3S/c1-17(2)22(20,21)16-13-9-14(19)18(10-13)7-6-11-4-3-5-12(15)8-11/h3-5,8,13,16H,6-7,9-10H2,1-2H3. The molecular weight excluding hydrogens is 326 g/mol. The van der Waals surface area contributed by atoms with Crippen molar-refractivity contribution in [1.82, 2.24) is 13.9 Å². The van der Waals surface area contributed by atoms with Crippen LogP contribution in [0.1, 0.15) is 12.0 Å². The third-order valence-electron chi connectivity index (χ3n) is 3.57. The summed E-state index contributed by atoms with van der Waals surface area (Å²) in [6.45, 7) is 0.950. The van der Waals surface area contributed by atoms with Gasteiger partial charge in [0.1, 0.15) is 0 Å². The predicted octanol–water partition coefficient (Wildman–Crippen LogP) is 0.879. The molecule has 1 saturated heterocycles. The summed E-state index contributed by atoms with van der Waals surface area (Å²) in [5, 5.41) is 0.668. The Bertz CT molecular complexity index is 648. The first kappa shape index (κ1) is 17.2. The van der Waals surface area contributed by atoms with Crippen LogP contribution < -0.4 is 4.72 Å². The molecule has 1 N–H and O–H groups in total. The van der Waals surface area contributed by atoms with E-state index in [2.05, 4.69) is 4.72 Å². The maximum Gasteiger partial charge on any atom is 0.279 e. The van der Waals surface area contributed by atoms with Crippen molar-refractivity contribution in [2.75, 3.05) is 27.2 Å². The summed E-state index contributed by atoms with van der Waals surface area (Å²) < 4.78 is 27.2. The van der Waals surface area contributed by atoms with Crippen LogP contribution in [0.5, 0.6) is 0 Å². The van der Waals surface area contributed by atoms with Gasteiger partial charge in [-0.1, -0.05) is 23.7 Å². The van der Waals surface area contributed by atoms with Crippen molar-refractivity contribution in [2.45, 2.75) is 18.9 Å². The van der Waals surface area contributed by atoms with Gasteiger partial charge in [-0.3, -0.25) is 4.79 Å². The molecule has 1 aromatic rings. The Labute approximate surface area is 136 Å². The van der Waals surface area contributed by atoms with Crippen LogP contribution in [0.25, 0.3) is 0 Å². The van der Waals surface area contributed by atoms with Crippen LogP contribution in [0.3, 0.4) is 0 Å². The molecule has 0 spiro atoms. The molecule has 1 unspecified atom stereocenters. The minimum absolute atomic E-state index is 0.0338. The summed E-state index contributed by atoms with van der Waals surface area (Å²) in [6.07, 6.45) is 0.891. The maximum atomic E-state index is 12.0. The molecule has 122 valence electrons. The number of rotatable bonds is 6. The normalized spacial score (nSPS) is 19.2. The number of nitrogens with zero attached hydrogens (tertiary/aromatic N) is 2. The van der Waals surface area contributed by atoms with Gasteiger partial charge in [0, 0.05) is 44.7 Å². The molecule has 1 heterocycles. The molecule has 22 heavy (non-hydrogen) atoms. The highest BCUT2D eigenvalue weighted by molar-refractivity contribution is 7.87. The minimum Gasteiger partial charge on any atom is -0.341 e.